The molecule has 2 aromatic carbocycles. The van der Waals surface area contributed by atoms with Crippen molar-refractivity contribution in [2.24, 2.45) is 4.99 Å². The van der Waals surface area contributed by atoms with E-state index in [4.69, 9.17) is 13.9 Å². The predicted octanol–water partition coefficient (Wildman–Crippen LogP) is 3.14. The zero-order valence-electron chi connectivity index (χ0n) is 18.7. The maximum atomic E-state index is 13.0. The van der Waals surface area contributed by atoms with Crippen molar-refractivity contribution in [3.8, 4) is 5.75 Å². The van der Waals surface area contributed by atoms with Crippen molar-refractivity contribution in [3.63, 3.8) is 0 Å². The minimum atomic E-state index is -3.73. The summed E-state index contributed by atoms with van der Waals surface area (Å²) >= 11 is 0. The molecular weight excluding hydrogens is 460 g/mol. The molecule has 0 amide bonds. The average Bonchev–Trinajstić information content (AvgIpc) is 3.09. The summed E-state index contributed by atoms with van der Waals surface area (Å²) in [6.45, 7) is 1.82. The molecule has 0 saturated heterocycles. The number of rotatable bonds is 8. The molecule has 1 aliphatic rings. The van der Waals surface area contributed by atoms with E-state index in [-0.39, 0.29) is 17.3 Å². The number of esters is 1. The van der Waals surface area contributed by atoms with Gasteiger partial charge in [-0.15, -0.1) is 0 Å². The molecule has 1 N–H and O–H groups in total. The molecule has 1 unspecified atom stereocenters. The van der Waals surface area contributed by atoms with Crippen LogP contribution in [0.5, 0.6) is 5.75 Å². The first kappa shape index (κ1) is 23.5. The fraction of sp³-hybridized carbons (Fsp3) is 0.292. The Morgan fingerprint density at radius 3 is 2.74 bits per heavy atom. The van der Waals surface area contributed by atoms with E-state index in [1.807, 2.05) is 6.92 Å². The largest absolute Gasteiger partial charge is 0.497 e. The highest BCUT2D eigenvalue weighted by Crippen LogP contribution is 2.25. The van der Waals surface area contributed by atoms with Gasteiger partial charge in [-0.2, -0.15) is 0 Å². The smallest absolute Gasteiger partial charge is 0.336 e. The number of carbonyl (C=O) groups is 1. The number of amidine groups is 1. The highest BCUT2D eigenvalue weighted by Gasteiger charge is 2.32. The number of unbranched alkanes of at least 4 members (excludes halogenated alkanes) is 1. The third-order valence-electron chi connectivity index (χ3n) is 5.46. The van der Waals surface area contributed by atoms with Crippen molar-refractivity contribution < 1.29 is 27.1 Å². The van der Waals surface area contributed by atoms with Gasteiger partial charge in [-0.25, -0.2) is 18.0 Å². The van der Waals surface area contributed by atoms with Gasteiger partial charge >= 0.3 is 11.6 Å². The van der Waals surface area contributed by atoms with Crippen LogP contribution in [-0.2, 0) is 26.2 Å². The second kappa shape index (κ2) is 9.68. The molecule has 0 saturated carbocycles. The minimum Gasteiger partial charge on any atom is -0.497 e. The molecule has 1 aliphatic heterocycles. The van der Waals surface area contributed by atoms with Crippen LogP contribution in [0.15, 0.2) is 67.6 Å². The van der Waals surface area contributed by atoms with Gasteiger partial charge in [-0.3, -0.25) is 9.71 Å². The Morgan fingerprint density at radius 1 is 1.18 bits per heavy atom. The summed E-state index contributed by atoms with van der Waals surface area (Å²) in [7, 11) is -2.22. The van der Waals surface area contributed by atoms with Gasteiger partial charge in [0, 0.05) is 28.6 Å². The molecule has 9 nitrogen and oxygen atoms in total. The quantitative estimate of drug-likeness (QED) is 0.385. The zero-order valence-corrected chi connectivity index (χ0v) is 19.6. The van der Waals surface area contributed by atoms with Gasteiger partial charge in [0.15, 0.2) is 0 Å². The summed E-state index contributed by atoms with van der Waals surface area (Å²) < 4.78 is 43.1. The number of benzene rings is 2. The van der Waals surface area contributed by atoms with E-state index in [1.165, 1.54) is 19.2 Å². The molecule has 2 heterocycles. The van der Waals surface area contributed by atoms with Gasteiger partial charge in [0.05, 0.1) is 12.0 Å². The summed E-state index contributed by atoms with van der Waals surface area (Å²) in [6.07, 6.45) is 1.91. The van der Waals surface area contributed by atoms with Gasteiger partial charge in [0.25, 0.3) is 10.0 Å². The fourth-order valence-corrected chi connectivity index (χ4v) is 4.96. The van der Waals surface area contributed by atoms with Crippen molar-refractivity contribution in [1.82, 2.24) is 4.72 Å². The Hall–Kier alpha value is -3.66. The van der Waals surface area contributed by atoms with Gasteiger partial charge in [-0.05, 0) is 30.7 Å². The summed E-state index contributed by atoms with van der Waals surface area (Å²) in [5, 5.41) is 0.613. The first-order valence-electron chi connectivity index (χ1n) is 10.8. The molecule has 0 bridgehead atoms. The van der Waals surface area contributed by atoms with Crippen molar-refractivity contribution >= 4 is 32.8 Å². The summed E-state index contributed by atoms with van der Waals surface area (Å²) in [6, 6.07) is 11.8. The van der Waals surface area contributed by atoms with Crippen LogP contribution in [0.2, 0.25) is 0 Å². The highest BCUT2D eigenvalue weighted by molar-refractivity contribution is 7.90. The number of hydrogen-bond acceptors (Lipinski definition) is 8. The Labute approximate surface area is 196 Å². The maximum absolute atomic E-state index is 13.0. The predicted molar refractivity (Wildman–Crippen MR) is 125 cm³/mol. The number of hydrogen-bond donors (Lipinski definition) is 1. The number of sulfonamides is 1. The van der Waals surface area contributed by atoms with Gasteiger partial charge in [0.2, 0.25) is 0 Å². The van der Waals surface area contributed by atoms with E-state index in [1.54, 1.807) is 36.4 Å². The third kappa shape index (κ3) is 4.81. The van der Waals surface area contributed by atoms with Crippen molar-refractivity contribution in [2.45, 2.75) is 43.7 Å². The van der Waals surface area contributed by atoms with Gasteiger partial charge < -0.3 is 13.9 Å². The van der Waals surface area contributed by atoms with Crippen LogP contribution < -0.4 is 15.1 Å². The number of fused-ring (bicyclic) bond motifs is 2. The van der Waals surface area contributed by atoms with Crippen LogP contribution in [0.4, 0.5) is 0 Å². The molecule has 1 atom stereocenters. The van der Waals surface area contributed by atoms with Crippen LogP contribution in [0.25, 0.3) is 11.0 Å². The minimum absolute atomic E-state index is 0.117. The van der Waals surface area contributed by atoms with E-state index < -0.39 is 27.7 Å². The van der Waals surface area contributed by atoms with E-state index >= 15 is 0 Å². The fourth-order valence-electron chi connectivity index (χ4n) is 3.72. The van der Waals surface area contributed by atoms with E-state index in [2.05, 4.69) is 9.71 Å². The molecule has 3 aromatic rings. The van der Waals surface area contributed by atoms with Crippen molar-refractivity contribution in [1.29, 1.82) is 0 Å². The molecule has 34 heavy (non-hydrogen) atoms. The molecule has 0 fully saturated rings. The van der Waals surface area contributed by atoms with Crippen LogP contribution >= 0.6 is 0 Å². The topological polar surface area (TPSA) is 124 Å². The van der Waals surface area contributed by atoms with Crippen molar-refractivity contribution in [2.75, 3.05) is 7.11 Å². The number of methoxy groups -OCH3 is 1. The normalized spacial score (nSPS) is 16.1. The zero-order chi connectivity index (χ0) is 24.3. The lowest BCUT2D eigenvalue weighted by molar-refractivity contribution is -0.146. The molecule has 0 aliphatic carbocycles. The Kier molecular flexibility index (Phi) is 6.69. The van der Waals surface area contributed by atoms with Gasteiger partial charge in [0.1, 0.15) is 29.8 Å². The second-order valence-electron chi connectivity index (χ2n) is 7.80. The number of ether oxygens (including phenoxy) is 2. The monoisotopic (exact) mass is 484 g/mol. The third-order valence-corrected chi connectivity index (χ3v) is 6.86. The van der Waals surface area contributed by atoms with E-state index in [0.29, 0.717) is 40.7 Å². The molecule has 1 aromatic heterocycles. The molecule has 0 radical (unpaired) electrons. The summed E-state index contributed by atoms with van der Waals surface area (Å²) in [4.78, 5) is 29.5. The average molecular weight is 485 g/mol. The molecule has 4 rings (SSSR count). The number of nitrogens with one attached hydrogen (secondary N) is 1. The Bertz CT molecular complexity index is 1430. The second-order valence-corrected chi connectivity index (χ2v) is 9.45. The van der Waals surface area contributed by atoms with Crippen LogP contribution in [-0.4, -0.2) is 33.4 Å². The highest BCUT2D eigenvalue weighted by atomic mass is 32.2. The Balaban J connectivity index is 1.59. The van der Waals surface area contributed by atoms with Crippen LogP contribution in [0, 0.1) is 0 Å². The molecule has 178 valence electrons. The lowest BCUT2D eigenvalue weighted by Crippen LogP contribution is -2.28. The first-order valence-corrected chi connectivity index (χ1v) is 12.3. The lowest BCUT2D eigenvalue weighted by Gasteiger charge is -2.14. The van der Waals surface area contributed by atoms with Crippen LogP contribution in [0.3, 0.4) is 0 Å². The van der Waals surface area contributed by atoms with Crippen molar-refractivity contribution in [3.05, 3.63) is 70.1 Å². The Morgan fingerprint density at radius 2 is 1.97 bits per heavy atom. The number of aliphatic imine (C=N–C) groups is 1. The standard InChI is InChI=1S/C24H24N2O7S/c1-3-4-8-19(25-23-18-7-5-6-9-21(18)34(29,30)26-23)24(28)32-14-15-12-22(27)33-20-13-16(31-2)10-11-17(15)20/h5-7,9-13,19H,3-4,8,14H2,1-2H3,(H,25,26). The van der Waals surface area contributed by atoms with Crippen LogP contribution in [0.1, 0.15) is 37.3 Å². The summed E-state index contributed by atoms with van der Waals surface area (Å²) in [5.74, 6) is 0.0329. The number of carbonyl (C=O) groups excluding carboxylic acids is 1. The van der Waals surface area contributed by atoms with E-state index in [9.17, 15) is 18.0 Å². The number of nitrogens with zero attached hydrogens (tertiary/aromatic N) is 1. The molecular formula is C24H24N2O7S. The summed E-state index contributed by atoms with van der Waals surface area (Å²) in [5.41, 5.74) is 0.637. The van der Waals surface area contributed by atoms with Gasteiger partial charge in [-0.1, -0.05) is 31.9 Å². The molecule has 10 heteroatoms. The van der Waals surface area contributed by atoms with E-state index in [0.717, 1.165) is 6.42 Å². The SMILES string of the molecule is CCCCC(N=C1NS(=O)(=O)c2ccccc21)C(=O)OCc1cc(=O)oc2cc(OC)ccc12. The lowest BCUT2D eigenvalue weighted by atomic mass is 10.1. The first-order chi connectivity index (χ1) is 16.3. The maximum Gasteiger partial charge on any atom is 0.336 e. The molecule has 0 spiro atoms.